The Labute approximate surface area is 186 Å². The molecular formula is C26H26FN3O2. The van der Waals surface area contributed by atoms with E-state index in [1.807, 2.05) is 56.3 Å². The molecule has 4 rings (SSSR count). The summed E-state index contributed by atoms with van der Waals surface area (Å²) >= 11 is 0. The summed E-state index contributed by atoms with van der Waals surface area (Å²) in [6.07, 6.45) is 0. The Hall–Kier alpha value is -3.67. The van der Waals surface area contributed by atoms with Gasteiger partial charge in [0.1, 0.15) is 17.4 Å². The van der Waals surface area contributed by atoms with Crippen LogP contribution >= 0.6 is 0 Å². The fraction of sp³-hybridized carbons (Fsp3) is 0.231. The minimum Gasteiger partial charge on any atom is -0.484 e. The van der Waals surface area contributed by atoms with E-state index in [0.29, 0.717) is 22.8 Å². The van der Waals surface area contributed by atoms with Crippen molar-refractivity contribution in [3.63, 3.8) is 0 Å². The Morgan fingerprint density at radius 1 is 1.09 bits per heavy atom. The van der Waals surface area contributed by atoms with E-state index in [1.165, 1.54) is 12.1 Å². The van der Waals surface area contributed by atoms with Crippen LogP contribution in [0.4, 0.5) is 10.1 Å². The van der Waals surface area contributed by atoms with E-state index in [-0.39, 0.29) is 24.4 Å². The lowest BCUT2D eigenvalue weighted by Gasteiger charge is -2.17. The number of hydrogen-bond donors (Lipinski definition) is 1. The number of hydrogen-bond acceptors (Lipinski definition) is 3. The normalized spacial score (nSPS) is 11.2. The molecule has 0 bridgehead atoms. The van der Waals surface area contributed by atoms with Gasteiger partial charge in [-0.1, -0.05) is 29.8 Å². The number of nitrogens with zero attached hydrogens (tertiary/aromatic N) is 2. The van der Waals surface area contributed by atoms with Crippen LogP contribution in [-0.2, 0) is 4.79 Å². The molecule has 3 aromatic carbocycles. The van der Waals surface area contributed by atoms with Gasteiger partial charge in [0.05, 0.1) is 16.7 Å². The van der Waals surface area contributed by atoms with Gasteiger partial charge in [-0.05, 0) is 63.6 Å². The Balaban J connectivity index is 1.67. The predicted octanol–water partition coefficient (Wildman–Crippen LogP) is 6.06. The minimum absolute atomic E-state index is 0.0920. The number of aromatic nitrogens is 2. The van der Waals surface area contributed by atoms with Crippen molar-refractivity contribution in [2.45, 2.75) is 33.7 Å². The topological polar surface area (TPSA) is 56.1 Å². The van der Waals surface area contributed by atoms with Gasteiger partial charge < -0.3 is 14.6 Å². The molecule has 164 valence electrons. The number of amides is 1. The van der Waals surface area contributed by atoms with Crippen molar-refractivity contribution in [2.75, 3.05) is 11.9 Å². The smallest absolute Gasteiger partial charge is 0.262 e. The van der Waals surface area contributed by atoms with Crippen LogP contribution in [0.1, 0.15) is 31.0 Å². The standard InChI is InChI=1S/C26H26FN3O2/c1-16(2)30-23-13-10-19(27)14-22(23)28-26(30)21-7-5-6-18(4)25(21)29-24(31)15-32-20-11-8-17(3)9-12-20/h5-14,16H,15H2,1-4H3,(H,29,31). The summed E-state index contributed by atoms with van der Waals surface area (Å²) in [6.45, 7) is 7.93. The second kappa shape index (κ2) is 8.83. The van der Waals surface area contributed by atoms with Crippen molar-refractivity contribution in [2.24, 2.45) is 0 Å². The molecule has 0 aliphatic carbocycles. The maximum atomic E-state index is 13.8. The van der Waals surface area contributed by atoms with Gasteiger partial charge in [0, 0.05) is 17.7 Å². The van der Waals surface area contributed by atoms with Gasteiger partial charge in [0.25, 0.3) is 5.91 Å². The number of rotatable bonds is 6. The minimum atomic E-state index is -0.330. The summed E-state index contributed by atoms with van der Waals surface area (Å²) in [5.74, 6) is 0.723. The van der Waals surface area contributed by atoms with Gasteiger partial charge in [0.15, 0.2) is 6.61 Å². The van der Waals surface area contributed by atoms with Crippen molar-refractivity contribution >= 4 is 22.6 Å². The highest BCUT2D eigenvalue weighted by Gasteiger charge is 2.20. The third-order valence-corrected chi connectivity index (χ3v) is 5.34. The van der Waals surface area contributed by atoms with E-state index in [9.17, 15) is 9.18 Å². The molecule has 0 fully saturated rings. The second-order valence-electron chi connectivity index (χ2n) is 8.18. The highest BCUT2D eigenvalue weighted by atomic mass is 19.1. The van der Waals surface area contributed by atoms with Crippen LogP contribution in [0.2, 0.25) is 0 Å². The average Bonchev–Trinajstić information content (AvgIpc) is 3.13. The maximum absolute atomic E-state index is 13.8. The lowest BCUT2D eigenvalue weighted by atomic mass is 10.1. The average molecular weight is 432 g/mol. The van der Waals surface area contributed by atoms with Crippen LogP contribution in [0.25, 0.3) is 22.4 Å². The first-order chi connectivity index (χ1) is 15.3. The highest BCUT2D eigenvalue weighted by Crippen LogP contribution is 2.34. The molecule has 0 radical (unpaired) electrons. The van der Waals surface area contributed by atoms with Crippen molar-refractivity contribution < 1.29 is 13.9 Å². The molecule has 6 heteroatoms. The monoisotopic (exact) mass is 431 g/mol. The van der Waals surface area contributed by atoms with Gasteiger partial charge in [-0.2, -0.15) is 0 Å². The Kier molecular flexibility index (Phi) is 5.95. The van der Waals surface area contributed by atoms with Crippen LogP contribution in [-0.4, -0.2) is 22.1 Å². The quantitative estimate of drug-likeness (QED) is 0.404. The zero-order valence-electron chi connectivity index (χ0n) is 18.6. The summed E-state index contributed by atoms with van der Waals surface area (Å²) in [5.41, 5.74) is 4.90. The third-order valence-electron chi connectivity index (χ3n) is 5.34. The number of nitrogens with one attached hydrogen (secondary N) is 1. The van der Waals surface area contributed by atoms with E-state index < -0.39 is 0 Å². The van der Waals surface area contributed by atoms with Gasteiger partial charge in [-0.3, -0.25) is 4.79 Å². The van der Waals surface area contributed by atoms with Crippen molar-refractivity contribution in [3.8, 4) is 17.1 Å². The molecule has 0 saturated heterocycles. The highest BCUT2D eigenvalue weighted by molar-refractivity contribution is 5.97. The maximum Gasteiger partial charge on any atom is 0.262 e. The van der Waals surface area contributed by atoms with Crippen LogP contribution < -0.4 is 10.1 Å². The number of carbonyl (C=O) groups excluding carboxylic acids is 1. The number of para-hydroxylation sites is 1. The molecule has 1 heterocycles. The number of anilines is 1. The SMILES string of the molecule is Cc1ccc(OCC(=O)Nc2c(C)cccc2-c2nc3cc(F)ccc3n2C(C)C)cc1. The molecule has 1 amide bonds. The van der Waals surface area contributed by atoms with Gasteiger partial charge >= 0.3 is 0 Å². The lowest BCUT2D eigenvalue weighted by molar-refractivity contribution is -0.118. The molecule has 4 aromatic rings. The number of ether oxygens (including phenoxy) is 1. The fourth-order valence-electron chi connectivity index (χ4n) is 3.76. The summed E-state index contributed by atoms with van der Waals surface area (Å²) < 4.78 is 21.5. The Morgan fingerprint density at radius 2 is 1.84 bits per heavy atom. The number of fused-ring (bicyclic) bond motifs is 1. The summed E-state index contributed by atoms with van der Waals surface area (Å²) in [7, 11) is 0. The van der Waals surface area contributed by atoms with E-state index in [0.717, 1.165) is 22.2 Å². The molecule has 0 spiro atoms. The largest absolute Gasteiger partial charge is 0.484 e. The first-order valence-electron chi connectivity index (χ1n) is 10.6. The number of carbonyl (C=O) groups is 1. The third kappa shape index (κ3) is 4.35. The zero-order chi connectivity index (χ0) is 22.8. The van der Waals surface area contributed by atoms with Gasteiger partial charge in [-0.15, -0.1) is 0 Å². The van der Waals surface area contributed by atoms with Crippen molar-refractivity contribution in [1.82, 2.24) is 9.55 Å². The first kappa shape index (κ1) is 21.6. The number of halogens is 1. The molecule has 32 heavy (non-hydrogen) atoms. The second-order valence-corrected chi connectivity index (χ2v) is 8.18. The summed E-state index contributed by atoms with van der Waals surface area (Å²) in [5, 5.41) is 2.99. The predicted molar refractivity (Wildman–Crippen MR) is 126 cm³/mol. The van der Waals surface area contributed by atoms with Crippen molar-refractivity contribution in [1.29, 1.82) is 0 Å². The van der Waals surface area contributed by atoms with E-state index in [2.05, 4.69) is 23.7 Å². The summed E-state index contributed by atoms with van der Waals surface area (Å²) in [4.78, 5) is 17.4. The Morgan fingerprint density at radius 3 is 2.56 bits per heavy atom. The zero-order valence-corrected chi connectivity index (χ0v) is 18.6. The lowest BCUT2D eigenvalue weighted by Crippen LogP contribution is -2.21. The molecule has 0 unspecified atom stereocenters. The molecule has 0 atom stereocenters. The van der Waals surface area contributed by atoms with Gasteiger partial charge in [0.2, 0.25) is 0 Å². The summed E-state index contributed by atoms with van der Waals surface area (Å²) in [6, 6.07) is 18.0. The molecule has 1 N–H and O–H groups in total. The van der Waals surface area contributed by atoms with E-state index in [1.54, 1.807) is 6.07 Å². The van der Waals surface area contributed by atoms with Crippen LogP contribution in [0.3, 0.4) is 0 Å². The van der Waals surface area contributed by atoms with Crippen molar-refractivity contribution in [3.05, 3.63) is 77.6 Å². The van der Waals surface area contributed by atoms with Crippen LogP contribution in [0.5, 0.6) is 5.75 Å². The van der Waals surface area contributed by atoms with Gasteiger partial charge in [-0.25, -0.2) is 9.37 Å². The number of imidazole rings is 1. The molecule has 0 aliphatic heterocycles. The van der Waals surface area contributed by atoms with Crippen LogP contribution in [0.15, 0.2) is 60.7 Å². The number of aryl methyl sites for hydroxylation is 2. The molecule has 0 aliphatic rings. The molecular weight excluding hydrogens is 405 g/mol. The molecule has 0 saturated carbocycles. The van der Waals surface area contributed by atoms with Crippen LogP contribution in [0, 0.1) is 19.7 Å². The Bertz CT molecular complexity index is 1280. The first-order valence-corrected chi connectivity index (χ1v) is 10.6. The number of benzene rings is 3. The van der Waals surface area contributed by atoms with E-state index in [4.69, 9.17) is 9.72 Å². The molecule has 5 nitrogen and oxygen atoms in total. The molecule has 1 aromatic heterocycles. The fourth-order valence-corrected chi connectivity index (χ4v) is 3.76. The van der Waals surface area contributed by atoms with E-state index >= 15 is 0 Å².